The number of amides is 2. The molecule has 1 heterocycles. The van der Waals surface area contributed by atoms with Crippen LogP contribution in [0.25, 0.3) is 0 Å². The zero-order valence-corrected chi connectivity index (χ0v) is 17.7. The van der Waals surface area contributed by atoms with Gasteiger partial charge in [-0.3, -0.25) is 14.5 Å². The summed E-state index contributed by atoms with van der Waals surface area (Å²) >= 11 is 0. The van der Waals surface area contributed by atoms with Gasteiger partial charge in [0, 0.05) is 33.1 Å². The monoisotopic (exact) mass is 413 g/mol. The number of nitrogens with zero attached hydrogens (tertiary/aromatic N) is 2. The SMILES string of the molecule is CC(=O)Nc1ccccc1C(=O)N1CCN(C(c2ccccc2)c2ccccc2)CC1. The Morgan fingerprint density at radius 1 is 0.742 bits per heavy atom. The van der Waals surface area contributed by atoms with Crippen LogP contribution in [-0.4, -0.2) is 47.8 Å². The smallest absolute Gasteiger partial charge is 0.256 e. The molecule has 5 nitrogen and oxygen atoms in total. The summed E-state index contributed by atoms with van der Waals surface area (Å²) in [5, 5.41) is 2.77. The van der Waals surface area contributed by atoms with Gasteiger partial charge in [-0.15, -0.1) is 0 Å². The van der Waals surface area contributed by atoms with E-state index in [0.29, 0.717) is 24.3 Å². The third-order valence-electron chi connectivity index (χ3n) is 5.67. The average Bonchev–Trinajstić information content (AvgIpc) is 2.81. The molecule has 3 aromatic rings. The van der Waals surface area contributed by atoms with E-state index in [0.717, 1.165) is 13.1 Å². The molecular formula is C26H27N3O2. The first-order valence-electron chi connectivity index (χ1n) is 10.6. The first-order valence-corrected chi connectivity index (χ1v) is 10.6. The average molecular weight is 414 g/mol. The molecule has 4 rings (SSSR count). The normalized spacial score (nSPS) is 14.5. The first kappa shape index (κ1) is 20.8. The van der Waals surface area contributed by atoms with Crippen LogP contribution >= 0.6 is 0 Å². The number of hydrogen-bond donors (Lipinski definition) is 1. The van der Waals surface area contributed by atoms with E-state index in [1.54, 1.807) is 12.1 Å². The Labute approximate surface area is 183 Å². The number of benzene rings is 3. The Morgan fingerprint density at radius 2 is 1.26 bits per heavy atom. The molecule has 0 radical (unpaired) electrons. The lowest BCUT2D eigenvalue weighted by atomic mass is 9.96. The summed E-state index contributed by atoms with van der Waals surface area (Å²) in [4.78, 5) is 29.0. The quantitative estimate of drug-likeness (QED) is 0.682. The molecule has 2 amide bonds. The molecule has 0 atom stereocenters. The van der Waals surface area contributed by atoms with Crippen LogP contribution < -0.4 is 5.32 Å². The van der Waals surface area contributed by atoms with Crippen LogP contribution in [0.15, 0.2) is 84.9 Å². The molecule has 3 aromatic carbocycles. The lowest BCUT2D eigenvalue weighted by molar-refractivity contribution is -0.114. The summed E-state index contributed by atoms with van der Waals surface area (Å²) in [7, 11) is 0. The van der Waals surface area contributed by atoms with Gasteiger partial charge in [-0.05, 0) is 23.3 Å². The summed E-state index contributed by atoms with van der Waals surface area (Å²) in [5.74, 6) is -0.224. The second-order valence-electron chi connectivity index (χ2n) is 7.78. The minimum Gasteiger partial charge on any atom is -0.336 e. The number of rotatable bonds is 5. The Bertz CT molecular complexity index is 989. The maximum Gasteiger partial charge on any atom is 0.256 e. The number of nitrogens with one attached hydrogen (secondary N) is 1. The highest BCUT2D eigenvalue weighted by molar-refractivity contribution is 6.03. The molecule has 0 unspecified atom stereocenters. The van der Waals surface area contributed by atoms with Crippen molar-refractivity contribution in [2.45, 2.75) is 13.0 Å². The molecule has 31 heavy (non-hydrogen) atoms. The van der Waals surface area contributed by atoms with Crippen molar-refractivity contribution in [3.05, 3.63) is 102 Å². The number of carbonyl (C=O) groups excluding carboxylic acids is 2. The van der Waals surface area contributed by atoms with Crippen LogP contribution in [-0.2, 0) is 4.79 Å². The van der Waals surface area contributed by atoms with E-state index in [9.17, 15) is 9.59 Å². The van der Waals surface area contributed by atoms with E-state index in [1.165, 1.54) is 18.1 Å². The second kappa shape index (κ2) is 9.58. The Hall–Kier alpha value is -3.44. The highest BCUT2D eigenvalue weighted by Crippen LogP contribution is 2.30. The maximum atomic E-state index is 13.2. The molecule has 0 spiro atoms. The number of piperazine rings is 1. The molecule has 5 heteroatoms. The van der Waals surface area contributed by atoms with E-state index < -0.39 is 0 Å². The summed E-state index contributed by atoms with van der Waals surface area (Å²) in [5.41, 5.74) is 3.61. The van der Waals surface area contributed by atoms with Gasteiger partial charge >= 0.3 is 0 Å². The van der Waals surface area contributed by atoms with Crippen LogP contribution in [0.3, 0.4) is 0 Å². The largest absolute Gasteiger partial charge is 0.336 e. The van der Waals surface area contributed by atoms with Crippen molar-refractivity contribution < 1.29 is 9.59 Å². The third-order valence-corrected chi connectivity index (χ3v) is 5.67. The molecule has 0 aliphatic carbocycles. The van der Waals surface area contributed by atoms with E-state index >= 15 is 0 Å². The maximum absolute atomic E-state index is 13.2. The molecule has 0 bridgehead atoms. The van der Waals surface area contributed by atoms with Crippen LogP contribution in [0.4, 0.5) is 5.69 Å². The fourth-order valence-electron chi connectivity index (χ4n) is 4.21. The van der Waals surface area contributed by atoms with Crippen molar-refractivity contribution >= 4 is 17.5 Å². The second-order valence-corrected chi connectivity index (χ2v) is 7.78. The van der Waals surface area contributed by atoms with E-state index in [-0.39, 0.29) is 17.9 Å². The summed E-state index contributed by atoms with van der Waals surface area (Å²) < 4.78 is 0. The lowest BCUT2D eigenvalue weighted by Crippen LogP contribution is -2.50. The Morgan fingerprint density at radius 3 is 1.81 bits per heavy atom. The van der Waals surface area contributed by atoms with Gasteiger partial charge in [0.05, 0.1) is 17.3 Å². The van der Waals surface area contributed by atoms with Crippen LogP contribution in [0.5, 0.6) is 0 Å². The highest BCUT2D eigenvalue weighted by atomic mass is 16.2. The number of anilines is 1. The molecule has 1 N–H and O–H groups in total. The van der Waals surface area contributed by atoms with Gasteiger partial charge in [0.25, 0.3) is 5.91 Å². The Kier molecular flexibility index (Phi) is 6.43. The van der Waals surface area contributed by atoms with E-state index in [4.69, 9.17) is 0 Å². The van der Waals surface area contributed by atoms with Gasteiger partial charge < -0.3 is 10.2 Å². The van der Waals surface area contributed by atoms with Crippen molar-refractivity contribution in [1.82, 2.24) is 9.80 Å². The highest BCUT2D eigenvalue weighted by Gasteiger charge is 2.29. The molecule has 158 valence electrons. The molecule has 1 fully saturated rings. The molecule has 0 saturated carbocycles. The topological polar surface area (TPSA) is 52.7 Å². The fraction of sp³-hybridized carbons (Fsp3) is 0.231. The van der Waals surface area contributed by atoms with Crippen LogP contribution in [0.2, 0.25) is 0 Å². The van der Waals surface area contributed by atoms with Crippen molar-refractivity contribution in [3.8, 4) is 0 Å². The predicted octanol–water partition coefficient (Wildman–Crippen LogP) is 4.19. The molecule has 1 saturated heterocycles. The first-order chi connectivity index (χ1) is 15.1. The van der Waals surface area contributed by atoms with Crippen molar-refractivity contribution in [2.24, 2.45) is 0 Å². The van der Waals surface area contributed by atoms with Gasteiger partial charge in [0.1, 0.15) is 0 Å². The van der Waals surface area contributed by atoms with Gasteiger partial charge in [-0.25, -0.2) is 0 Å². The summed E-state index contributed by atoms with van der Waals surface area (Å²) in [6.45, 7) is 4.30. The number of para-hydroxylation sites is 1. The standard InChI is InChI=1S/C26H27N3O2/c1-20(30)27-24-15-9-8-14-23(24)26(31)29-18-16-28(17-19-29)25(21-10-4-2-5-11-21)22-12-6-3-7-13-22/h2-15,25H,16-19H2,1H3,(H,27,30). The third kappa shape index (κ3) is 4.84. The molecule has 0 aromatic heterocycles. The zero-order valence-electron chi connectivity index (χ0n) is 17.7. The Balaban J connectivity index is 1.51. The predicted molar refractivity (Wildman–Crippen MR) is 123 cm³/mol. The van der Waals surface area contributed by atoms with Crippen molar-refractivity contribution in [3.63, 3.8) is 0 Å². The molecule has 1 aliphatic heterocycles. The minimum absolute atomic E-state index is 0.0417. The van der Waals surface area contributed by atoms with Crippen molar-refractivity contribution in [1.29, 1.82) is 0 Å². The minimum atomic E-state index is -0.182. The van der Waals surface area contributed by atoms with Crippen LogP contribution in [0, 0.1) is 0 Å². The van der Waals surface area contributed by atoms with Gasteiger partial charge in [-0.2, -0.15) is 0 Å². The van der Waals surface area contributed by atoms with Gasteiger partial charge in [-0.1, -0.05) is 72.8 Å². The van der Waals surface area contributed by atoms with Crippen LogP contribution in [0.1, 0.15) is 34.5 Å². The lowest BCUT2D eigenvalue weighted by Gasteiger charge is -2.40. The molecule has 1 aliphatic rings. The number of hydrogen-bond acceptors (Lipinski definition) is 3. The van der Waals surface area contributed by atoms with Crippen molar-refractivity contribution in [2.75, 3.05) is 31.5 Å². The fourth-order valence-corrected chi connectivity index (χ4v) is 4.21. The van der Waals surface area contributed by atoms with E-state index in [1.807, 2.05) is 29.2 Å². The van der Waals surface area contributed by atoms with Gasteiger partial charge in [0.2, 0.25) is 5.91 Å². The van der Waals surface area contributed by atoms with Gasteiger partial charge in [0.15, 0.2) is 0 Å². The summed E-state index contributed by atoms with van der Waals surface area (Å²) in [6.07, 6.45) is 0. The van der Waals surface area contributed by atoms with E-state index in [2.05, 4.69) is 58.7 Å². The molecular weight excluding hydrogens is 386 g/mol. The number of carbonyl (C=O) groups is 2. The zero-order chi connectivity index (χ0) is 21.6. The summed E-state index contributed by atoms with van der Waals surface area (Å²) in [6, 6.07) is 28.4.